The molecule has 25 heavy (non-hydrogen) atoms. The van der Waals surface area contributed by atoms with Crippen molar-refractivity contribution in [3.05, 3.63) is 30.1 Å². The maximum atomic E-state index is 12.7. The molecule has 5 nitrogen and oxygen atoms in total. The Kier molecular flexibility index (Phi) is 4.61. The summed E-state index contributed by atoms with van der Waals surface area (Å²) in [5.41, 5.74) is 2.25. The molecule has 1 aromatic heterocycles. The molecule has 0 amide bonds. The zero-order chi connectivity index (χ0) is 17.4. The maximum Gasteiger partial charge on any atom is 0.154 e. The lowest BCUT2D eigenvalue weighted by atomic mass is 10.0. The fourth-order valence-electron chi connectivity index (χ4n) is 3.85. The van der Waals surface area contributed by atoms with Gasteiger partial charge in [-0.05, 0) is 30.9 Å². The Labute approximate surface area is 149 Å². The van der Waals surface area contributed by atoms with E-state index in [4.69, 9.17) is 4.98 Å². The van der Waals surface area contributed by atoms with Gasteiger partial charge in [0.1, 0.15) is 5.82 Å². The number of carbonyl (C=O) groups excluding carboxylic acids is 1. The number of hydrogen-bond donors (Lipinski definition) is 1. The molecule has 2 fully saturated rings. The Hall–Kier alpha value is -1.72. The average Bonchev–Trinajstić information content (AvgIpc) is 3.40. The van der Waals surface area contributed by atoms with Crippen LogP contribution in [-0.4, -0.2) is 45.9 Å². The Morgan fingerprint density at radius 3 is 2.88 bits per heavy atom. The van der Waals surface area contributed by atoms with Crippen molar-refractivity contribution in [3.63, 3.8) is 0 Å². The van der Waals surface area contributed by atoms with Gasteiger partial charge in [-0.3, -0.25) is 9.69 Å². The number of carbonyl (C=O) groups is 1. The summed E-state index contributed by atoms with van der Waals surface area (Å²) in [6.07, 6.45) is 2.16. The number of aromatic nitrogens is 2. The molecule has 5 heteroatoms. The van der Waals surface area contributed by atoms with Gasteiger partial charge in [0.15, 0.2) is 5.78 Å². The van der Waals surface area contributed by atoms with Crippen molar-refractivity contribution >= 4 is 16.8 Å². The number of imidazole rings is 1. The number of rotatable bonds is 6. The predicted octanol–water partition coefficient (Wildman–Crippen LogP) is 2.45. The van der Waals surface area contributed by atoms with Crippen LogP contribution < -0.4 is 5.32 Å². The summed E-state index contributed by atoms with van der Waals surface area (Å²) in [6.45, 7) is 8.83. The van der Waals surface area contributed by atoms with Crippen LogP contribution in [-0.2, 0) is 17.9 Å². The first-order valence-corrected chi connectivity index (χ1v) is 9.56. The monoisotopic (exact) mass is 340 g/mol. The molecular formula is C20H28N4O. The van der Waals surface area contributed by atoms with Crippen molar-refractivity contribution in [3.8, 4) is 0 Å². The van der Waals surface area contributed by atoms with E-state index in [9.17, 15) is 4.79 Å². The molecule has 0 spiro atoms. The van der Waals surface area contributed by atoms with Crippen LogP contribution in [0.1, 0.15) is 32.5 Å². The largest absolute Gasteiger partial charge is 0.327 e. The number of fused-ring (bicyclic) bond motifs is 1. The molecule has 2 heterocycles. The van der Waals surface area contributed by atoms with Gasteiger partial charge in [-0.15, -0.1) is 0 Å². The van der Waals surface area contributed by atoms with Gasteiger partial charge in [-0.25, -0.2) is 4.98 Å². The number of hydrogen-bond acceptors (Lipinski definition) is 4. The molecule has 1 saturated carbocycles. The first-order valence-electron chi connectivity index (χ1n) is 9.56. The van der Waals surface area contributed by atoms with Crippen molar-refractivity contribution in [2.45, 2.75) is 45.8 Å². The number of benzene rings is 1. The topological polar surface area (TPSA) is 50.2 Å². The lowest BCUT2D eigenvalue weighted by molar-refractivity contribution is -0.126. The molecule has 1 saturated heterocycles. The van der Waals surface area contributed by atoms with Gasteiger partial charge in [0.2, 0.25) is 0 Å². The standard InChI is InChI=1S/C20H28N4O/c1-14(2)12-24-17-6-4-3-5-16(17)22-19(24)13-23-10-9-21-11-18(23)20(25)15-7-8-15/h3-6,14-15,18,21H,7-13H2,1-2H3. The van der Waals surface area contributed by atoms with Crippen molar-refractivity contribution in [1.29, 1.82) is 0 Å². The van der Waals surface area contributed by atoms with Gasteiger partial charge < -0.3 is 9.88 Å². The predicted molar refractivity (Wildman–Crippen MR) is 99.4 cm³/mol. The molecular weight excluding hydrogens is 312 g/mol. The van der Waals surface area contributed by atoms with Gasteiger partial charge in [-0.2, -0.15) is 0 Å². The first-order chi connectivity index (χ1) is 12.1. The molecule has 1 unspecified atom stereocenters. The Morgan fingerprint density at radius 2 is 2.12 bits per heavy atom. The molecule has 1 N–H and O–H groups in total. The highest BCUT2D eigenvalue weighted by atomic mass is 16.1. The van der Waals surface area contributed by atoms with E-state index in [-0.39, 0.29) is 6.04 Å². The number of piperazine rings is 1. The smallest absolute Gasteiger partial charge is 0.154 e. The van der Waals surface area contributed by atoms with E-state index in [1.54, 1.807) is 0 Å². The van der Waals surface area contributed by atoms with Gasteiger partial charge in [0.25, 0.3) is 0 Å². The van der Waals surface area contributed by atoms with Crippen molar-refractivity contribution < 1.29 is 4.79 Å². The van der Waals surface area contributed by atoms with E-state index in [1.807, 2.05) is 6.07 Å². The van der Waals surface area contributed by atoms with Crippen LogP contribution in [0.5, 0.6) is 0 Å². The minimum absolute atomic E-state index is 0.00793. The number of ketones is 1. The molecule has 1 aromatic carbocycles. The minimum Gasteiger partial charge on any atom is -0.327 e. The third kappa shape index (κ3) is 3.48. The lowest BCUT2D eigenvalue weighted by Gasteiger charge is -2.35. The van der Waals surface area contributed by atoms with E-state index in [0.717, 1.165) is 56.9 Å². The molecule has 2 aliphatic rings. The summed E-state index contributed by atoms with van der Waals surface area (Å²) in [5.74, 6) is 2.38. The summed E-state index contributed by atoms with van der Waals surface area (Å²) in [5, 5.41) is 3.40. The normalized spacial score (nSPS) is 22.0. The van der Waals surface area contributed by atoms with Crippen LogP contribution in [0.3, 0.4) is 0 Å². The number of nitrogens with one attached hydrogen (secondary N) is 1. The summed E-state index contributed by atoms with van der Waals surface area (Å²) < 4.78 is 2.35. The summed E-state index contributed by atoms with van der Waals surface area (Å²) >= 11 is 0. The summed E-state index contributed by atoms with van der Waals surface area (Å²) in [6, 6.07) is 8.37. The highest BCUT2D eigenvalue weighted by molar-refractivity contribution is 5.88. The highest BCUT2D eigenvalue weighted by Gasteiger charge is 2.38. The second kappa shape index (κ2) is 6.89. The van der Waals surface area contributed by atoms with E-state index in [1.165, 1.54) is 5.52 Å². The van der Waals surface area contributed by atoms with E-state index in [2.05, 4.69) is 46.8 Å². The van der Waals surface area contributed by atoms with Gasteiger partial charge >= 0.3 is 0 Å². The van der Waals surface area contributed by atoms with Gasteiger partial charge in [0.05, 0.1) is 23.6 Å². The van der Waals surface area contributed by atoms with Crippen molar-refractivity contribution in [1.82, 2.24) is 19.8 Å². The van der Waals surface area contributed by atoms with Crippen LogP contribution in [0.2, 0.25) is 0 Å². The van der Waals surface area contributed by atoms with Crippen LogP contribution >= 0.6 is 0 Å². The quantitative estimate of drug-likeness (QED) is 0.877. The maximum absolute atomic E-state index is 12.7. The summed E-state index contributed by atoms with van der Waals surface area (Å²) in [4.78, 5) is 19.9. The molecule has 1 aliphatic carbocycles. The van der Waals surface area contributed by atoms with E-state index >= 15 is 0 Å². The SMILES string of the molecule is CC(C)Cn1c(CN2CCNCC2C(=O)C2CC2)nc2ccccc21. The third-order valence-electron chi connectivity index (χ3n) is 5.29. The second-order valence-electron chi connectivity index (χ2n) is 7.89. The second-order valence-corrected chi connectivity index (χ2v) is 7.89. The van der Waals surface area contributed by atoms with Crippen LogP contribution in [0, 0.1) is 11.8 Å². The fraction of sp³-hybridized carbons (Fsp3) is 0.600. The lowest BCUT2D eigenvalue weighted by Crippen LogP contribution is -2.55. The highest BCUT2D eigenvalue weighted by Crippen LogP contribution is 2.32. The van der Waals surface area contributed by atoms with Crippen molar-refractivity contribution in [2.75, 3.05) is 19.6 Å². The molecule has 0 radical (unpaired) electrons. The average molecular weight is 340 g/mol. The molecule has 2 aromatic rings. The van der Waals surface area contributed by atoms with Crippen LogP contribution in [0.4, 0.5) is 0 Å². The first kappa shape index (κ1) is 16.7. The van der Waals surface area contributed by atoms with Crippen LogP contribution in [0.25, 0.3) is 11.0 Å². The van der Waals surface area contributed by atoms with Gasteiger partial charge in [0, 0.05) is 32.1 Å². The fourth-order valence-corrected chi connectivity index (χ4v) is 3.85. The molecule has 1 aliphatic heterocycles. The summed E-state index contributed by atoms with van der Waals surface area (Å²) in [7, 11) is 0. The Bertz CT molecular complexity index is 762. The molecule has 4 rings (SSSR count). The van der Waals surface area contributed by atoms with E-state index in [0.29, 0.717) is 17.6 Å². The Morgan fingerprint density at radius 1 is 1.32 bits per heavy atom. The third-order valence-corrected chi connectivity index (χ3v) is 5.29. The van der Waals surface area contributed by atoms with Crippen molar-refractivity contribution in [2.24, 2.45) is 11.8 Å². The number of Topliss-reactive ketones (excluding diaryl/α,β-unsaturated/α-hetero) is 1. The molecule has 1 atom stereocenters. The zero-order valence-corrected chi connectivity index (χ0v) is 15.2. The minimum atomic E-state index is 0.00793. The number of nitrogens with zero attached hydrogens (tertiary/aromatic N) is 3. The van der Waals surface area contributed by atoms with Gasteiger partial charge in [-0.1, -0.05) is 26.0 Å². The van der Waals surface area contributed by atoms with Crippen LogP contribution in [0.15, 0.2) is 24.3 Å². The zero-order valence-electron chi connectivity index (χ0n) is 15.2. The van der Waals surface area contributed by atoms with E-state index < -0.39 is 0 Å². The Balaban J connectivity index is 1.63. The molecule has 0 bridgehead atoms. The number of para-hydroxylation sites is 2. The molecule has 134 valence electrons.